The SMILES string of the molecule is Cl.O.O=C([O-])[O-].[Cs+].[Cs+]. The minimum atomic E-state index is -2.33. The van der Waals surface area contributed by atoms with E-state index >= 15 is 0 Å². The smallest absolute Gasteiger partial charge is 0.652 e. The van der Waals surface area contributed by atoms with Gasteiger partial charge in [-0.05, 0) is 6.16 Å². The van der Waals surface area contributed by atoms with E-state index in [1.807, 2.05) is 0 Å². The van der Waals surface area contributed by atoms with Gasteiger partial charge in [0.1, 0.15) is 0 Å². The summed E-state index contributed by atoms with van der Waals surface area (Å²) >= 11 is 0. The number of hydrogen-bond acceptors (Lipinski definition) is 3. The molecule has 0 aromatic rings. The van der Waals surface area contributed by atoms with Crippen molar-refractivity contribution in [3.63, 3.8) is 0 Å². The van der Waals surface area contributed by atoms with Gasteiger partial charge in [-0.3, -0.25) is 0 Å². The Labute approximate surface area is 171 Å². The minimum absolute atomic E-state index is 0. The molecule has 0 radical (unpaired) electrons. The monoisotopic (exact) mass is 380 g/mol. The van der Waals surface area contributed by atoms with Gasteiger partial charge in [0.2, 0.25) is 0 Å². The van der Waals surface area contributed by atoms with Crippen LogP contribution in [0, 0.1) is 0 Å². The molecule has 0 spiro atoms. The Morgan fingerprint density at radius 2 is 1.12 bits per heavy atom. The fourth-order valence-corrected chi connectivity index (χ4v) is 0. The van der Waals surface area contributed by atoms with Gasteiger partial charge in [-0.15, -0.1) is 12.4 Å². The topological polar surface area (TPSA) is 94.7 Å². The van der Waals surface area contributed by atoms with Crippen molar-refractivity contribution in [1.29, 1.82) is 0 Å². The second kappa shape index (κ2) is 22.4. The van der Waals surface area contributed by atoms with E-state index in [0.29, 0.717) is 0 Å². The number of carboxylic acid groups (broad SMARTS) is 2. The number of halogens is 1. The summed E-state index contributed by atoms with van der Waals surface area (Å²) in [6.07, 6.45) is -2.33. The van der Waals surface area contributed by atoms with Crippen LogP contribution in [-0.4, -0.2) is 11.6 Å². The number of hydrogen-bond donors (Lipinski definition) is 0. The molecule has 0 aliphatic rings. The van der Waals surface area contributed by atoms with Crippen molar-refractivity contribution in [3.05, 3.63) is 0 Å². The summed E-state index contributed by atoms with van der Waals surface area (Å²) in [5.41, 5.74) is 0. The molecule has 7 heteroatoms. The van der Waals surface area contributed by atoms with Crippen molar-refractivity contribution in [3.8, 4) is 0 Å². The van der Waals surface area contributed by atoms with Crippen LogP contribution in [0.4, 0.5) is 4.79 Å². The molecule has 2 N–H and O–H groups in total. The van der Waals surface area contributed by atoms with Crippen LogP contribution in [0.1, 0.15) is 0 Å². The first-order chi connectivity index (χ1) is 1.73. The molecule has 0 saturated heterocycles. The molecule has 0 aromatic carbocycles. The second-order valence-electron chi connectivity index (χ2n) is 0.250. The maximum absolute atomic E-state index is 8.33. The van der Waals surface area contributed by atoms with Gasteiger partial charge in [0.05, 0.1) is 0 Å². The fraction of sp³-hybridized carbons (Fsp3) is 0. The molecule has 0 bridgehead atoms. The Morgan fingerprint density at radius 1 is 1.12 bits per heavy atom. The molecule has 0 rings (SSSR count). The third-order valence-corrected chi connectivity index (χ3v) is 0. The zero-order valence-electron chi connectivity index (χ0n) is 4.63. The van der Waals surface area contributed by atoms with Crippen LogP contribution < -0.4 is 148 Å². The van der Waals surface area contributed by atoms with Crippen molar-refractivity contribution in [1.82, 2.24) is 0 Å². The number of carbonyl (C=O) groups is 1. The van der Waals surface area contributed by atoms with Crippen LogP contribution in [0.2, 0.25) is 0 Å². The molecule has 0 atom stereocenters. The van der Waals surface area contributed by atoms with Crippen LogP contribution in [0.5, 0.6) is 0 Å². The van der Waals surface area contributed by atoms with Gasteiger partial charge in [0.25, 0.3) is 0 Å². The molecular weight excluding hydrogens is 377 g/mol. The van der Waals surface area contributed by atoms with Crippen molar-refractivity contribution in [2.45, 2.75) is 0 Å². The third-order valence-electron chi connectivity index (χ3n) is 0. The van der Waals surface area contributed by atoms with Gasteiger partial charge >= 0.3 is 138 Å². The van der Waals surface area contributed by atoms with Gasteiger partial charge in [0.15, 0.2) is 0 Å². The minimum Gasteiger partial charge on any atom is -0.652 e. The van der Waals surface area contributed by atoms with E-state index in [9.17, 15) is 0 Å². The molecule has 0 fully saturated rings. The molecule has 0 unspecified atom stereocenters. The van der Waals surface area contributed by atoms with Gasteiger partial charge < -0.3 is 20.5 Å². The Bertz CT molecular complexity index is 37.0. The summed E-state index contributed by atoms with van der Waals surface area (Å²) in [6, 6.07) is 0. The molecule has 0 aliphatic heterocycles. The maximum atomic E-state index is 8.33. The number of rotatable bonds is 0. The van der Waals surface area contributed by atoms with Gasteiger partial charge in [0, 0.05) is 0 Å². The van der Waals surface area contributed by atoms with Gasteiger partial charge in [-0.2, -0.15) is 0 Å². The van der Waals surface area contributed by atoms with E-state index in [-0.39, 0.29) is 156 Å². The van der Waals surface area contributed by atoms with Crippen LogP contribution in [-0.2, 0) is 0 Å². The van der Waals surface area contributed by atoms with Gasteiger partial charge in [-0.1, -0.05) is 0 Å². The quantitative estimate of drug-likeness (QED) is 0.418. The first kappa shape index (κ1) is 29.9. The summed E-state index contributed by atoms with van der Waals surface area (Å²) in [5.74, 6) is 0. The Hall–Kier alpha value is 3.62. The molecule has 0 amide bonds. The van der Waals surface area contributed by atoms with Crippen LogP contribution >= 0.6 is 12.4 Å². The Morgan fingerprint density at radius 3 is 1.12 bits per heavy atom. The average molecular weight is 380 g/mol. The van der Waals surface area contributed by atoms with Crippen LogP contribution in [0.15, 0.2) is 0 Å². The standard InChI is InChI=1S/CH2O3.ClH.2Cs.H2O/c2-1(3)4;;;;/h(H2,2,3,4);1H;;;1H2/q;;2*+1;/p-2. The van der Waals surface area contributed by atoms with Crippen LogP contribution in [0.3, 0.4) is 0 Å². The molecule has 0 saturated carbocycles. The van der Waals surface area contributed by atoms with Crippen LogP contribution in [0.25, 0.3) is 0 Å². The summed E-state index contributed by atoms with van der Waals surface area (Å²) in [5, 5.41) is 16.7. The van der Waals surface area contributed by atoms with E-state index in [2.05, 4.69) is 0 Å². The average Bonchev–Trinajstić information content (AvgIpc) is 0.811. The fourth-order valence-electron chi connectivity index (χ4n) is 0. The predicted octanol–water partition coefficient (Wildman–Crippen LogP) is -8.84. The van der Waals surface area contributed by atoms with E-state index in [1.165, 1.54) is 0 Å². The predicted molar refractivity (Wildman–Crippen MR) is 16.3 cm³/mol. The van der Waals surface area contributed by atoms with Crippen molar-refractivity contribution >= 4 is 18.6 Å². The summed E-state index contributed by atoms with van der Waals surface area (Å²) in [4.78, 5) is 8.33. The van der Waals surface area contributed by atoms with Crippen molar-refractivity contribution in [2.24, 2.45) is 0 Å². The summed E-state index contributed by atoms with van der Waals surface area (Å²) in [6.45, 7) is 0. The van der Waals surface area contributed by atoms with E-state index < -0.39 is 6.16 Å². The van der Waals surface area contributed by atoms with E-state index in [4.69, 9.17) is 15.0 Å². The molecule has 40 valence electrons. The largest absolute Gasteiger partial charge is 1.00 e. The Balaban J connectivity index is -0.00000000750. The first-order valence-electron chi connectivity index (χ1n) is 0.612. The molecule has 8 heavy (non-hydrogen) atoms. The normalized spacial score (nSPS) is 3.00. The first-order valence-corrected chi connectivity index (χ1v) is 0.612. The maximum Gasteiger partial charge on any atom is 1.00 e. The number of carbonyl (C=O) groups excluding carboxylic acids is 1. The van der Waals surface area contributed by atoms with E-state index in [1.54, 1.807) is 0 Å². The zero-order valence-corrected chi connectivity index (χ0v) is 18.0. The molecular formula is CH3ClCs2O4. The van der Waals surface area contributed by atoms with Gasteiger partial charge in [-0.25, -0.2) is 0 Å². The van der Waals surface area contributed by atoms with Crippen molar-refractivity contribution < 1.29 is 158 Å². The molecule has 0 aromatic heterocycles. The summed E-state index contributed by atoms with van der Waals surface area (Å²) in [7, 11) is 0. The Kier molecular flexibility index (Phi) is 83.8. The third kappa shape index (κ3) is 54.5. The van der Waals surface area contributed by atoms with Crippen molar-refractivity contribution in [2.75, 3.05) is 0 Å². The zero-order chi connectivity index (χ0) is 3.58. The second-order valence-corrected chi connectivity index (χ2v) is 0.250. The molecule has 0 heterocycles. The molecule has 0 aliphatic carbocycles. The summed E-state index contributed by atoms with van der Waals surface area (Å²) < 4.78 is 0. The molecule has 4 nitrogen and oxygen atoms in total. The van der Waals surface area contributed by atoms with E-state index in [0.717, 1.165) is 0 Å².